The topological polar surface area (TPSA) is 66.0 Å². The molecule has 0 atom stereocenters. The van der Waals surface area contributed by atoms with E-state index in [9.17, 15) is 0 Å². The van der Waals surface area contributed by atoms with E-state index in [1.807, 2.05) is 12.1 Å². The SMILES string of the molecule is NCc1ccc2c(c1)C[NH+]=C2N. The van der Waals surface area contributed by atoms with Crippen LogP contribution in [-0.4, -0.2) is 5.84 Å². The third-order valence-electron chi connectivity index (χ3n) is 2.16. The van der Waals surface area contributed by atoms with Crippen molar-refractivity contribution in [3.8, 4) is 0 Å². The molecule has 1 aromatic rings. The summed E-state index contributed by atoms with van der Waals surface area (Å²) in [5, 5.41) is 0. The van der Waals surface area contributed by atoms with E-state index in [1.165, 1.54) is 5.56 Å². The van der Waals surface area contributed by atoms with Gasteiger partial charge in [0.25, 0.3) is 5.84 Å². The molecule has 0 unspecified atom stereocenters. The summed E-state index contributed by atoms with van der Waals surface area (Å²) >= 11 is 0. The van der Waals surface area contributed by atoms with Crippen LogP contribution in [-0.2, 0) is 13.1 Å². The Kier molecular flexibility index (Phi) is 1.59. The van der Waals surface area contributed by atoms with E-state index in [1.54, 1.807) is 0 Å². The highest BCUT2D eigenvalue weighted by atomic mass is 14.9. The summed E-state index contributed by atoms with van der Waals surface area (Å²) in [6.07, 6.45) is 0. The molecule has 1 aliphatic rings. The number of nitrogens with one attached hydrogen (secondary N) is 1. The molecule has 1 heterocycles. The highest BCUT2D eigenvalue weighted by Crippen LogP contribution is 2.11. The predicted molar refractivity (Wildman–Crippen MR) is 47.3 cm³/mol. The number of hydrogen-bond acceptors (Lipinski definition) is 2. The second kappa shape index (κ2) is 2.60. The average Bonchev–Trinajstić information content (AvgIpc) is 2.47. The van der Waals surface area contributed by atoms with E-state index < -0.39 is 0 Å². The molecule has 1 aromatic carbocycles. The molecule has 0 saturated carbocycles. The van der Waals surface area contributed by atoms with E-state index in [4.69, 9.17) is 11.5 Å². The van der Waals surface area contributed by atoms with E-state index >= 15 is 0 Å². The van der Waals surface area contributed by atoms with Gasteiger partial charge in [-0.2, -0.15) is 0 Å². The summed E-state index contributed by atoms with van der Waals surface area (Å²) < 4.78 is 0. The highest BCUT2D eigenvalue weighted by Gasteiger charge is 2.16. The Bertz CT molecular complexity index is 342. The Balaban J connectivity index is 2.46. The zero-order valence-corrected chi connectivity index (χ0v) is 6.80. The lowest BCUT2D eigenvalue weighted by molar-refractivity contribution is -0.470. The van der Waals surface area contributed by atoms with Gasteiger partial charge in [-0.3, -0.25) is 10.7 Å². The number of fused-ring (bicyclic) bond motifs is 1. The minimum atomic E-state index is 0.590. The summed E-state index contributed by atoms with van der Waals surface area (Å²) in [6, 6.07) is 6.13. The van der Waals surface area contributed by atoms with Crippen LogP contribution in [0.2, 0.25) is 0 Å². The molecule has 0 amide bonds. The van der Waals surface area contributed by atoms with Crippen molar-refractivity contribution in [3.05, 3.63) is 34.9 Å². The second-order valence-electron chi connectivity index (χ2n) is 2.96. The number of benzene rings is 1. The Morgan fingerprint density at radius 1 is 1.42 bits per heavy atom. The summed E-state index contributed by atoms with van der Waals surface area (Å²) in [5.74, 6) is 0.772. The normalized spacial score (nSPS) is 14.2. The third-order valence-corrected chi connectivity index (χ3v) is 2.16. The van der Waals surface area contributed by atoms with Crippen LogP contribution in [0.3, 0.4) is 0 Å². The minimum absolute atomic E-state index is 0.590. The number of nitrogens with two attached hydrogens (primary N) is 2. The van der Waals surface area contributed by atoms with Gasteiger partial charge >= 0.3 is 0 Å². The fourth-order valence-corrected chi connectivity index (χ4v) is 1.47. The maximum atomic E-state index is 5.71. The van der Waals surface area contributed by atoms with E-state index in [0.717, 1.165) is 23.5 Å². The Labute approximate surface area is 71.1 Å². The molecule has 0 bridgehead atoms. The van der Waals surface area contributed by atoms with Crippen LogP contribution in [0.4, 0.5) is 0 Å². The average molecular weight is 162 g/mol. The van der Waals surface area contributed by atoms with Gasteiger partial charge in [-0.15, -0.1) is 0 Å². The molecule has 5 N–H and O–H groups in total. The van der Waals surface area contributed by atoms with E-state index in [2.05, 4.69) is 11.1 Å². The minimum Gasteiger partial charge on any atom is -0.326 e. The highest BCUT2D eigenvalue weighted by molar-refractivity contribution is 5.95. The molecule has 2 rings (SSSR count). The van der Waals surface area contributed by atoms with Crippen LogP contribution in [0, 0.1) is 0 Å². The third kappa shape index (κ3) is 0.987. The first-order valence-electron chi connectivity index (χ1n) is 4.00. The molecule has 0 aromatic heterocycles. The summed E-state index contributed by atoms with van der Waals surface area (Å²) in [6.45, 7) is 1.42. The van der Waals surface area contributed by atoms with Crippen LogP contribution >= 0.6 is 0 Å². The Hall–Kier alpha value is -1.35. The maximum absolute atomic E-state index is 5.71. The Morgan fingerprint density at radius 2 is 2.25 bits per heavy atom. The van der Waals surface area contributed by atoms with Gasteiger partial charge in [-0.05, 0) is 17.7 Å². The van der Waals surface area contributed by atoms with Crippen LogP contribution < -0.4 is 16.5 Å². The van der Waals surface area contributed by atoms with E-state index in [0.29, 0.717) is 6.54 Å². The fourth-order valence-electron chi connectivity index (χ4n) is 1.47. The zero-order valence-electron chi connectivity index (χ0n) is 6.80. The standard InChI is InChI=1S/C9H11N3/c10-4-6-1-2-8-7(3-6)5-12-9(8)11/h1-3H,4-5,10H2,(H2,11,12)/p+1. The lowest BCUT2D eigenvalue weighted by atomic mass is 10.1. The maximum Gasteiger partial charge on any atom is 0.273 e. The fraction of sp³-hybridized carbons (Fsp3) is 0.222. The molecule has 1 aliphatic heterocycles. The van der Waals surface area contributed by atoms with Gasteiger partial charge in [0.05, 0.1) is 5.56 Å². The summed E-state index contributed by atoms with van der Waals surface area (Å²) in [4.78, 5) is 3.09. The number of nitrogen functional groups attached to an aromatic ring is 1. The monoisotopic (exact) mass is 162 g/mol. The molecule has 0 fully saturated rings. The van der Waals surface area contributed by atoms with Crippen molar-refractivity contribution in [3.63, 3.8) is 0 Å². The number of rotatable bonds is 1. The molecule has 0 aliphatic carbocycles. The van der Waals surface area contributed by atoms with Crippen molar-refractivity contribution in [1.29, 1.82) is 0 Å². The van der Waals surface area contributed by atoms with Gasteiger partial charge in [0, 0.05) is 12.1 Å². The molecule has 0 saturated heterocycles. The largest absolute Gasteiger partial charge is 0.326 e. The van der Waals surface area contributed by atoms with Gasteiger partial charge in [0.15, 0.2) is 0 Å². The molecule has 62 valence electrons. The Morgan fingerprint density at radius 3 is 3.00 bits per heavy atom. The van der Waals surface area contributed by atoms with Gasteiger partial charge in [-0.25, -0.2) is 0 Å². The molecule has 0 radical (unpaired) electrons. The second-order valence-corrected chi connectivity index (χ2v) is 2.96. The van der Waals surface area contributed by atoms with Crippen LogP contribution in [0.15, 0.2) is 18.2 Å². The first-order valence-corrected chi connectivity index (χ1v) is 4.00. The zero-order chi connectivity index (χ0) is 8.55. The molecule has 12 heavy (non-hydrogen) atoms. The molecule has 0 spiro atoms. The number of amidine groups is 1. The van der Waals surface area contributed by atoms with E-state index in [-0.39, 0.29) is 0 Å². The van der Waals surface area contributed by atoms with Gasteiger partial charge in [0.2, 0.25) is 0 Å². The van der Waals surface area contributed by atoms with Crippen LogP contribution in [0.1, 0.15) is 16.7 Å². The first-order chi connectivity index (χ1) is 5.81. The van der Waals surface area contributed by atoms with Gasteiger partial charge in [-0.1, -0.05) is 6.07 Å². The van der Waals surface area contributed by atoms with Crippen molar-refractivity contribution in [1.82, 2.24) is 0 Å². The van der Waals surface area contributed by atoms with Gasteiger partial charge in [0.1, 0.15) is 6.54 Å². The lowest BCUT2D eigenvalue weighted by Crippen LogP contribution is -2.70. The first kappa shape index (κ1) is 7.31. The molecule has 3 nitrogen and oxygen atoms in total. The van der Waals surface area contributed by atoms with Crippen molar-refractivity contribution in [2.75, 3.05) is 0 Å². The summed E-state index contributed by atoms with van der Waals surface area (Å²) in [7, 11) is 0. The quantitative estimate of drug-likeness (QED) is 0.468. The molecule has 3 heteroatoms. The van der Waals surface area contributed by atoms with Gasteiger partial charge < -0.3 is 5.73 Å². The van der Waals surface area contributed by atoms with Crippen molar-refractivity contribution in [2.45, 2.75) is 13.1 Å². The van der Waals surface area contributed by atoms with Crippen LogP contribution in [0.5, 0.6) is 0 Å². The smallest absolute Gasteiger partial charge is 0.273 e. The lowest BCUT2D eigenvalue weighted by Gasteiger charge is -1.98. The molecular weight excluding hydrogens is 150 g/mol. The molecular formula is C9H12N3+. The number of hydrogen-bond donors (Lipinski definition) is 3. The van der Waals surface area contributed by atoms with Crippen molar-refractivity contribution in [2.24, 2.45) is 11.5 Å². The summed E-state index contributed by atoms with van der Waals surface area (Å²) in [5.41, 5.74) is 14.8. The van der Waals surface area contributed by atoms with Crippen molar-refractivity contribution < 1.29 is 4.99 Å². The predicted octanol–water partition coefficient (Wildman–Crippen LogP) is -1.56. The van der Waals surface area contributed by atoms with Crippen molar-refractivity contribution >= 4 is 5.84 Å². The van der Waals surface area contributed by atoms with Crippen LogP contribution in [0.25, 0.3) is 0 Å².